The smallest absolute Gasteiger partial charge is 0.253 e. The Morgan fingerprint density at radius 2 is 1.95 bits per heavy atom. The van der Waals surface area contributed by atoms with Gasteiger partial charge >= 0.3 is 0 Å². The van der Waals surface area contributed by atoms with Crippen LogP contribution in [-0.2, 0) is 12.4 Å². The van der Waals surface area contributed by atoms with Gasteiger partial charge in [-0.25, -0.2) is 4.39 Å². The molecule has 0 radical (unpaired) electrons. The average Bonchev–Trinajstić information content (AvgIpc) is 2.48. The van der Waals surface area contributed by atoms with Crippen molar-refractivity contribution < 1.29 is 9.18 Å². The van der Waals surface area contributed by atoms with Crippen molar-refractivity contribution in [3.05, 3.63) is 71.0 Å². The third-order valence-electron chi connectivity index (χ3n) is 3.04. The van der Waals surface area contributed by atoms with Gasteiger partial charge in [-0.3, -0.25) is 4.79 Å². The molecule has 0 bridgehead atoms. The molecule has 0 aromatic heterocycles. The molecule has 0 spiro atoms. The molecule has 2 aromatic carbocycles. The molecule has 2 aromatic rings. The molecule has 0 aliphatic carbocycles. The summed E-state index contributed by atoms with van der Waals surface area (Å²) in [5.41, 5.74) is 1.94. The summed E-state index contributed by atoms with van der Waals surface area (Å²) < 4.78 is 13.6. The van der Waals surface area contributed by atoms with E-state index in [1.807, 2.05) is 6.07 Å². The van der Waals surface area contributed by atoms with Gasteiger partial charge in [-0.05, 0) is 23.8 Å². The van der Waals surface area contributed by atoms with E-state index in [4.69, 9.17) is 11.6 Å². The molecule has 0 heterocycles. The second kappa shape index (κ2) is 6.53. The van der Waals surface area contributed by atoms with Crippen LogP contribution in [0.25, 0.3) is 0 Å². The van der Waals surface area contributed by atoms with Crippen molar-refractivity contribution in [2.45, 2.75) is 12.4 Å². The highest BCUT2D eigenvalue weighted by Gasteiger charge is 2.13. The van der Waals surface area contributed by atoms with Crippen molar-refractivity contribution in [3.63, 3.8) is 0 Å². The lowest BCUT2D eigenvalue weighted by Gasteiger charge is -2.18. The molecule has 0 fully saturated rings. The molecule has 0 saturated carbocycles. The van der Waals surface area contributed by atoms with E-state index in [2.05, 4.69) is 0 Å². The van der Waals surface area contributed by atoms with Crippen LogP contribution in [0.2, 0.25) is 0 Å². The number of rotatable bonds is 4. The molecule has 0 saturated heterocycles. The molecule has 0 aliphatic heterocycles. The Labute approximate surface area is 122 Å². The predicted octanol–water partition coefficient (Wildman–Crippen LogP) is 3.84. The lowest BCUT2D eigenvalue weighted by atomic mass is 10.1. The number of carbonyl (C=O) groups excluding carboxylic acids is 1. The normalized spacial score (nSPS) is 10.3. The third-order valence-corrected chi connectivity index (χ3v) is 3.35. The van der Waals surface area contributed by atoms with Crippen molar-refractivity contribution in [1.82, 2.24) is 4.90 Å². The van der Waals surface area contributed by atoms with Crippen molar-refractivity contribution in [1.29, 1.82) is 0 Å². The molecule has 1 amide bonds. The van der Waals surface area contributed by atoms with Gasteiger partial charge in [0.15, 0.2) is 0 Å². The minimum absolute atomic E-state index is 0.153. The number of amides is 1. The highest BCUT2D eigenvalue weighted by atomic mass is 35.5. The summed E-state index contributed by atoms with van der Waals surface area (Å²) >= 11 is 5.76. The van der Waals surface area contributed by atoms with Crippen LogP contribution in [0.5, 0.6) is 0 Å². The molecule has 20 heavy (non-hydrogen) atoms. The first-order valence-electron chi connectivity index (χ1n) is 6.25. The highest BCUT2D eigenvalue weighted by Crippen LogP contribution is 2.13. The fourth-order valence-electron chi connectivity index (χ4n) is 1.96. The van der Waals surface area contributed by atoms with Crippen LogP contribution in [0.1, 0.15) is 21.5 Å². The maximum absolute atomic E-state index is 13.6. The standard InChI is InChI=1S/C16H15ClFNO/c1-19(11-14-6-2-3-8-15(14)18)16(20)13-7-4-5-12(9-13)10-17/h2-9H,10-11H2,1H3. The van der Waals surface area contributed by atoms with Crippen LogP contribution in [0.15, 0.2) is 48.5 Å². The lowest BCUT2D eigenvalue weighted by Crippen LogP contribution is -2.26. The Morgan fingerprint density at radius 3 is 2.65 bits per heavy atom. The minimum atomic E-state index is -0.304. The molecule has 0 atom stereocenters. The molecule has 0 N–H and O–H groups in total. The average molecular weight is 292 g/mol. The second-order valence-corrected chi connectivity index (χ2v) is 4.85. The number of carbonyl (C=O) groups is 1. The quantitative estimate of drug-likeness (QED) is 0.784. The first-order chi connectivity index (χ1) is 9.61. The first kappa shape index (κ1) is 14.5. The van der Waals surface area contributed by atoms with Gasteiger partial charge in [0.25, 0.3) is 5.91 Å². The van der Waals surface area contributed by atoms with E-state index in [0.29, 0.717) is 17.0 Å². The van der Waals surface area contributed by atoms with E-state index < -0.39 is 0 Å². The SMILES string of the molecule is CN(Cc1ccccc1F)C(=O)c1cccc(CCl)c1. The van der Waals surface area contributed by atoms with E-state index >= 15 is 0 Å². The van der Waals surface area contributed by atoms with Crippen molar-refractivity contribution >= 4 is 17.5 Å². The van der Waals surface area contributed by atoms with Crippen LogP contribution in [-0.4, -0.2) is 17.9 Å². The van der Waals surface area contributed by atoms with Crippen LogP contribution in [0.3, 0.4) is 0 Å². The highest BCUT2D eigenvalue weighted by molar-refractivity contribution is 6.17. The summed E-state index contributed by atoms with van der Waals surface area (Å²) in [6, 6.07) is 13.6. The van der Waals surface area contributed by atoms with Gasteiger partial charge in [0.05, 0.1) is 0 Å². The summed E-state index contributed by atoms with van der Waals surface area (Å²) in [7, 11) is 1.65. The number of halogens is 2. The summed E-state index contributed by atoms with van der Waals surface area (Å²) in [5.74, 6) is -0.0973. The Morgan fingerprint density at radius 1 is 1.20 bits per heavy atom. The zero-order valence-electron chi connectivity index (χ0n) is 11.1. The molecule has 2 rings (SSSR count). The Balaban J connectivity index is 2.14. The van der Waals surface area contributed by atoms with E-state index in [-0.39, 0.29) is 18.3 Å². The van der Waals surface area contributed by atoms with E-state index in [9.17, 15) is 9.18 Å². The van der Waals surface area contributed by atoms with Crippen molar-refractivity contribution in [3.8, 4) is 0 Å². The van der Waals surface area contributed by atoms with Crippen molar-refractivity contribution in [2.75, 3.05) is 7.05 Å². The van der Waals surface area contributed by atoms with Gasteiger partial charge in [0.2, 0.25) is 0 Å². The zero-order chi connectivity index (χ0) is 14.5. The van der Waals surface area contributed by atoms with Gasteiger partial charge in [0, 0.05) is 30.6 Å². The predicted molar refractivity (Wildman–Crippen MR) is 78.2 cm³/mol. The Hall–Kier alpha value is -1.87. The largest absolute Gasteiger partial charge is 0.337 e. The number of benzene rings is 2. The molecular formula is C16H15ClFNO. The van der Waals surface area contributed by atoms with E-state index in [1.54, 1.807) is 43.4 Å². The fraction of sp³-hybridized carbons (Fsp3) is 0.188. The van der Waals surface area contributed by atoms with Gasteiger partial charge in [0.1, 0.15) is 5.82 Å². The van der Waals surface area contributed by atoms with Crippen LogP contribution < -0.4 is 0 Å². The molecule has 104 valence electrons. The van der Waals surface area contributed by atoms with Crippen LogP contribution in [0.4, 0.5) is 4.39 Å². The molecular weight excluding hydrogens is 277 g/mol. The van der Waals surface area contributed by atoms with Gasteiger partial charge in [-0.15, -0.1) is 11.6 Å². The summed E-state index contributed by atoms with van der Waals surface area (Å²) in [6.07, 6.45) is 0. The number of hydrogen-bond donors (Lipinski definition) is 0. The molecule has 2 nitrogen and oxygen atoms in total. The lowest BCUT2D eigenvalue weighted by molar-refractivity contribution is 0.0784. The number of nitrogens with zero attached hydrogens (tertiary/aromatic N) is 1. The Kier molecular flexibility index (Phi) is 4.74. The van der Waals surface area contributed by atoms with Gasteiger partial charge in [-0.2, -0.15) is 0 Å². The maximum Gasteiger partial charge on any atom is 0.253 e. The van der Waals surface area contributed by atoms with E-state index in [1.165, 1.54) is 11.0 Å². The van der Waals surface area contributed by atoms with Gasteiger partial charge in [-0.1, -0.05) is 30.3 Å². The fourth-order valence-corrected chi connectivity index (χ4v) is 2.13. The number of alkyl halides is 1. The zero-order valence-corrected chi connectivity index (χ0v) is 11.9. The monoisotopic (exact) mass is 291 g/mol. The molecule has 4 heteroatoms. The van der Waals surface area contributed by atoms with Gasteiger partial charge < -0.3 is 4.90 Å². The molecule has 0 aliphatic rings. The summed E-state index contributed by atoms with van der Waals surface area (Å²) in [4.78, 5) is 13.8. The van der Waals surface area contributed by atoms with Crippen molar-refractivity contribution in [2.24, 2.45) is 0 Å². The number of hydrogen-bond acceptors (Lipinski definition) is 1. The second-order valence-electron chi connectivity index (χ2n) is 4.59. The topological polar surface area (TPSA) is 20.3 Å². The van der Waals surface area contributed by atoms with Crippen LogP contribution >= 0.6 is 11.6 Å². The minimum Gasteiger partial charge on any atom is -0.337 e. The third kappa shape index (κ3) is 3.36. The summed E-state index contributed by atoms with van der Waals surface area (Å²) in [6.45, 7) is 0.233. The van der Waals surface area contributed by atoms with Crippen LogP contribution in [0, 0.1) is 5.82 Å². The summed E-state index contributed by atoms with van der Waals surface area (Å²) in [5, 5.41) is 0. The first-order valence-corrected chi connectivity index (χ1v) is 6.79. The van der Waals surface area contributed by atoms with E-state index in [0.717, 1.165) is 5.56 Å². The Bertz CT molecular complexity index is 615. The maximum atomic E-state index is 13.6. The molecule has 0 unspecified atom stereocenters.